The standard InChI is InChI=1S/C14H19ClFN/c1-2-17-14(8-10-4-3-5-10)11-6-7-13(16)12(15)9-11/h6-7,9-10,14,17H,2-5,8H2,1H3. The molecule has 0 aromatic heterocycles. The van der Waals surface area contributed by atoms with E-state index < -0.39 is 0 Å². The average Bonchev–Trinajstić information content (AvgIpc) is 2.25. The molecule has 94 valence electrons. The number of rotatable bonds is 5. The van der Waals surface area contributed by atoms with Gasteiger partial charge in [0, 0.05) is 6.04 Å². The van der Waals surface area contributed by atoms with Crippen LogP contribution >= 0.6 is 11.6 Å². The van der Waals surface area contributed by atoms with Crippen LogP contribution in [0.25, 0.3) is 0 Å². The van der Waals surface area contributed by atoms with Crippen LogP contribution in [0.3, 0.4) is 0 Å². The molecule has 1 atom stereocenters. The van der Waals surface area contributed by atoms with Crippen LogP contribution in [0.15, 0.2) is 18.2 Å². The average molecular weight is 256 g/mol. The summed E-state index contributed by atoms with van der Waals surface area (Å²) in [6.45, 7) is 3.02. The first-order chi connectivity index (χ1) is 8.20. The summed E-state index contributed by atoms with van der Waals surface area (Å²) >= 11 is 5.84. The van der Waals surface area contributed by atoms with Gasteiger partial charge in [-0.1, -0.05) is 43.9 Å². The third-order valence-electron chi connectivity index (χ3n) is 3.59. The molecule has 0 radical (unpaired) electrons. The topological polar surface area (TPSA) is 12.0 Å². The van der Waals surface area contributed by atoms with Gasteiger partial charge in [-0.2, -0.15) is 0 Å². The predicted molar refractivity (Wildman–Crippen MR) is 69.8 cm³/mol. The fourth-order valence-corrected chi connectivity index (χ4v) is 2.56. The monoisotopic (exact) mass is 255 g/mol. The number of hydrogen-bond donors (Lipinski definition) is 1. The largest absolute Gasteiger partial charge is 0.310 e. The fraction of sp³-hybridized carbons (Fsp3) is 0.571. The van der Waals surface area contributed by atoms with E-state index in [-0.39, 0.29) is 10.8 Å². The lowest BCUT2D eigenvalue weighted by Gasteiger charge is -2.30. The lowest BCUT2D eigenvalue weighted by atomic mass is 9.79. The minimum atomic E-state index is -0.339. The molecule has 0 spiro atoms. The van der Waals surface area contributed by atoms with E-state index in [4.69, 9.17) is 11.6 Å². The Morgan fingerprint density at radius 3 is 2.76 bits per heavy atom. The molecule has 1 saturated carbocycles. The second-order valence-corrected chi connectivity index (χ2v) is 5.22. The van der Waals surface area contributed by atoms with Crippen molar-refractivity contribution in [3.63, 3.8) is 0 Å². The van der Waals surface area contributed by atoms with Crippen LogP contribution in [0.1, 0.15) is 44.2 Å². The minimum Gasteiger partial charge on any atom is -0.310 e. The zero-order valence-corrected chi connectivity index (χ0v) is 10.9. The maximum Gasteiger partial charge on any atom is 0.141 e. The second-order valence-electron chi connectivity index (χ2n) is 4.82. The van der Waals surface area contributed by atoms with Gasteiger partial charge in [0.1, 0.15) is 5.82 Å². The molecule has 1 nitrogen and oxygen atoms in total. The first kappa shape index (κ1) is 12.8. The SMILES string of the molecule is CCNC(CC1CCC1)c1ccc(F)c(Cl)c1. The van der Waals surface area contributed by atoms with E-state index in [1.54, 1.807) is 6.07 Å². The Bertz CT molecular complexity index is 376. The summed E-state index contributed by atoms with van der Waals surface area (Å²) in [5.41, 5.74) is 1.10. The molecular weight excluding hydrogens is 237 g/mol. The number of benzene rings is 1. The van der Waals surface area contributed by atoms with E-state index in [9.17, 15) is 4.39 Å². The van der Waals surface area contributed by atoms with Gasteiger partial charge < -0.3 is 5.32 Å². The van der Waals surface area contributed by atoms with E-state index in [0.29, 0.717) is 6.04 Å². The molecule has 1 aliphatic rings. The molecule has 0 saturated heterocycles. The van der Waals surface area contributed by atoms with Crippen molar-refractivity contribution in [2.75, 3.05) is 6.54 Å². The Hall–Kier alpha value is -0.600. The lowest BCUT2D eigenvalue weighted by Crippen LogP contribution is -2.25. The van der Waals surface area contributed by atoms with Crippen molar-refractivity contribution in [1.29, 1.82) is 0 Å². The van der Waals surface area contributed by atoms with Crippen molar-refractivity contribution in [3.05, 3.63) is 34.6 Å². The Kier molecular flexibility index (Phi) is 4.41. The molecule has 1 unspecified atom stereocenters. The molecular formula is C14H19ClFN. The quantitative estimate of drug-likeness (QED) is 0.826. The van der Waals surface area contributed by atoms with Gasteiger partial charge in [0.05, 0.1) is 5.02 Å². The van der Waals surface area contributed by atoms with Crippen LogP contribution in [-0.2, 0) is 0 Å². The summed E-state index contributed by atoms with van der Waals surface area (Å²) in [7, 11) is 0. The highest BCUT2D eigenvalue weighted by atomic mass is 35.5. The third kappa shape index (κ3) is 3.20. The van der Waals surface area contributed by atoms with Crippen molar-refractivity contribution < 1.29 is 4.39 Å². The number of nitrogens with one attached hydrogen (secondary N) is 1. The zero-order chi connectivity index (χ0) is 12.3. The Morgan fingerprint density at radius 1 is 1.47 bits per heavy atom. The van der Waals surface area contributed by atoms with Crippen LogP contribution in [0.2, 0.25) is 5.02 Å². The minimum absolute atomic E-state index is 0.221. The van der Waals surface area contributed by atoms with E-state index in [2.05, 4.69) is 12.2 Å². The predicted octanol–water partition coefficient (Wildman–Crippen LogP) is 4.32. The van der Waals surface area contributed by atoms with Crippen molar-refractivity contribution >= 4 is 11.6 Å². The van der Waals surface area contributed by atoms with Gasteiger partial charge in [-0.05, 0) is 36.6 Å². The van der Waals surface area contributed by atoms with Gasteiger partial charge >= 0.3 is 0 Å². The zero-order valence-electron chi connectivity index (χ0n) is 10.2. The Balaban J connectivity index is 2.09. The first-order valence-electron chi connectivity index (χ1n) is 6.39. The summed E-state index contributed by atoms with van der Waals surface area (Å²) in [5, 5.41) is 3.68. The molecule has 1 aliphatic carbocycles. The first-order valence-corrected chi connectivity index (χ1v) is 6.76. The summed E-state index contributed by atoms with van der Waals surface area (Å²) in [6, 6.07) is 5.36. The van der Waals surface area contributed by atoms with Gasteiger partial charge in [0.2, 0.25) is 0 Å². The van der Waals surface area contributed by atoms with Gasteiger partial charge in [0.15, 0.2) is 0 Å². The molecule has 3 heteroatoms. The molecule has 1 fully saturated rings. The van der Waals surface area contributed by atoms with Crippen LogP contribution < -0.4 is 5.32 Å². The number of hydrogen-bond acceptors (Lipinski definition) is 1. The number of halogens is 2. The Morgan fingerprint density at radius 2 is 2.24 bits per heavy atom. The van der Waals surface area contributed by atoms with E-state index >= 15 is 0 Å². The second kappa shape index (κ2) is 5.83. The molecule has 2 rings (SSSR count). The molecule has 0 bridgehead atoms. The summed E-state index contributed by atoms with van der Waals surface area (Å²) < 4.78 is 13.1. The smallest absolute Gasteiger partial charge is 0.141 e. The Labute approximate surface area is 107 Å². The molecule has 17 heavy (non-hydrogen) atoms. The van der Waals surface area contributed by atoms with Crippen LogP contribution in [0.4, 0.5) is 4.39 Å². The van der Waals surface area contributed by atoms with Gasteiger partial charge in [-0.25, -0.2) is 4.39 Å². The molecule has 1 N–H and O–H groups in total. The van der Waals surface area contributed by atoms with Crippen molar-refractivity contribution in [2.45, 2.75) is 38.6 Å². The summed E-state index contributed by atoms with van der Waals surface area (Å²) in [6.07, 6.45) is 5.15. The fourth-order valence-electron chi connectivity index (χ4n) is 2.37. The van der Waals surface area contributed by atoms with Gasteiger partial charge in [-0.3, -0.25) is 0 Å². The van der Waals surface area contributed by atoms with Crippen molar-refractivity contribution in [3.8, 4) is 0 Å². The highest BCUT2D eigenvalue weighted by Gasteiger charge is 2.22. The van der Waals surface area contributed by atoms with Crippen LogP contribution in [0, 0.1) is 11.7 Å². The lowest BCUT2D eigenvalue weighted by molar-refractivity contribution is 0.262. The van der Waals surface area contributed by atoms with Crippen LogP contribution in [-0.4, -0.2) is 6.54 Å². The third-order valence-corrected chi connectivity index (χ3v) is 3.88. The molecule has 0 aliphatic heterocycles. The molecule has 1 aromatic carbocycles. The van der Waals surface area contributed by atoms with Gasteiger partial charge in [-0.15, -0.1) is 0 Å². The van der Waals surface area contributed by atoms with E-state index in [1.807, 2.05) is 6.07 Å². The van der Waals surface area contributed by atoms with E-state index in [0.717, 1.165) is 24.4 Å². The maximum absolute atomic E-state index is 13.1. The molecule has 0 heterocycles. The normalized spacial score (nSPS) is 17.8. The van der Waals surface area contributed by atoms with E-state index in [1.165, 1.54) is 25.3 Å². The van der Waals surface area contributed by atoms with Crippen LogP contribution in [0.5, 0.6) is 0 Å². The van der Waals surface area contributed by atoms with Gasteiger partial charge in [0.25, 0.3) is 0 Å². The highest BCUT2D eigenvalue weighted by molar-refractivity contribution is 6.30. The maximum atomic E-state index is 13.1. The summed E-state index contributed by atoms with van der Waals surface area (Å²) in [5.74, 6) is 0.484. The van der Waals surface area contributed by atoms with Crippen molar-refractivity contribution in [1.82, 2.24) is 5.32 Å². The molecule has 0 amide bonds. The summed E-state index contributed by atoms with van der Waals surface area (Å²) in [4.78, 5) is 0. The highest BCUT2D eigenvalue weighted by Crippen LogP contribution is 2.35. The van der Waals surface area contributed by atoms with Crippen molar-refractivity contribution in [2.24, 2.45) is 5.92 Å². The molecule has 1 aromatic rings.